The molecule has 0 spiro atoms. The first-order valence-corrected chi connectivity index (χ1v) is 8.19. The molecule has 0 unspecified atom stereocenters. The summed E-state index contributed by atoms with van der Waals surface area (Å²) in [5.74, 6) is -0.463. The molecule has 21 heavy (non-hydrogen) atoms. The number of halogens is 1. The van der Waals surface area contributed by atoms with Crippen molar-refractivity contribution in [2.75, 3.05) is 16.6 Å². The predicted molar refractivity (Wildman–Crippen MR) is 80.5 cm³/mol. The molecule has 1 heterocycles. The maximum absolute atomic E-state index is 12.9. The normalized spacial score (nSPS) is 14.1. The zero-order valence-corrected chi connectivity index (χ0v) is 12.1. The Morgan fingerprint density at radius 1 is 1.10 bits per heavy atom. The van der Waals surface area contributed by atoms with Gasteiger partial charge in [0, 0.05) is 12.2 Å². The smallest absolute Gasteiger partial charge is 0.261 e. The highest BCUT2D eigenvalue weighted by Gasteiger charge is 2.18. The van der Waals surface area contributed by atoms with E-state index in [4.69, 9.17) is 0 Å². The van der Waals surface area contributed by atoms with Crippen LogP contribution < -0.4 is 10.0 Å². The number of anilines is 2. The van der Waals surface area contributed by atoms with Gasteiger partial charge in [-0.1, -0.05) is 6.07 Å². The van der Waals surface area contributed by atoms with Crippen molar-refractivity contribution < 1.29 is 12.8 Å². The van der Waals surface area contributed by atoms with Gasteiger partial charge in [-0.05, 0) is 54.8 Å². The van der Waals surface area contributed by atoms with Crippen LogP contribution >= 0.6 is 0 Å². The van der Waals surface area contributed by atoms with Crippen LogP contribution in [0.15, 0.2) is 47.4 Å². The summed E-state index contributed by atoms with van der Waals surface area (Å²) in [4.78, 5) is 0.0465. The lowest BCUT2D eigenvalue weighted by molar-refractivity contribution is 0.599. The molecule has 0 saturated carbocycles. The van der Waals surface area contributed by atoms with E-state index >= 15 is 0 Å². The SMILES string of the molecule is O=S(=O)(Nc1cccc2c1CCCN2)c1ccc(F)cc1. The van der Waals surface area contributed by atoms with Crippen molar-refractivity contribution in [1.82, 2.24) is 0 Å². The molecule has 2 aromatic rings. The monoisotopic (exact) mass is 306 g/mol. The van der Waals surface area contributed by atoms with Crippen molar-refractivity contribution in [2.24, 2.45) is 0 Å². The number of rotatable bonds is 3. The number of hydrogen-bond acceptors (Lipinski definition) is 3. The molecule has 2 aromatic carbocycles. The van der Waals surface area contributed by atoms with Crippen LogP contribution in [0, 0.1) is 5.82 Å². The van der Waals surface area contributed by atoms with Gasteiger partial charge >= 0.3 is 0 Å². The van der Waals surface area contributed by atoms with Gasteiger partial charge in [-0.3, -0.25) is 4.72 Å². The summed E-state index contributed by atoms with van der Waals surface area (Å²) >= 11 is 0. The standard InChI is InChI=1S/C15H15FN2O2S/c16-11-6-8-12(9-7-11)21(19,20)18-15-5-1-4-14-13(15)3-2-10-17-14/h1,4-9,17-18H,2-3,10H2. The first kappa shape index (κ1) is 13.9. The quantitative estimate of drug-likeness (QED) is 0.916. The lowest BCUT2D eigenvalue weighted by Gasteiger charge is -2.21. The summed E-state index contributed by atoms with van der Waals surface area (Å²) in [6, 6.07) is 10.3. The third kappa shape index (κ3) is 2.85. The Labute approximate surface area is 123 Å². The van der Waals surface area contributed by atoms with Crippen LogP contribution in [0.3, 0.4) is 0 Å². The highest BCUT2D eigenvalue weighted by Crippen LogP contribution is 2.30. The van der Waals surface area contributed by atoms with E-state index < -0.39 is 15.8 Å². The van der Waals surface area contributed by atoms with Crippen LogP contribution in [0.5, 0.6) is 0 Å². The van der Waals surface area contributed by atoms with Gasteiger partial charge in [0.15, 0.2) is 0 Å². The van der Waals surface area contributed by atoms with Crippen molar-refractivity contribution in [3.63, 3.8) is 0 Å². The molecule has 4 nitrogen and oxygen atoms in total. The molecule has 0 bridgehead atoms. The van der Waals surface area contributed by atoms with E-state index in [1.807, 2.05) is 6.07 Å². The minimum absolute atomic E-state index is 0.0465. The molecule has 0 radical (unpaired) electrons. The van der Waals surface area contributed by atoms with Crippen molar-refractivity contribution in [2.45, 2.75) is 17.7 Å². The zero-order valence-electron chi connectivity index (χ0n) is 11.3. The van der Waals surface area contributed by atoms with Crippen LogP contribution in [0.1, 0.15) is 12.0 Å². The van der Waals surface area contributed by atoms with Crippen LogP contribution in [-0.2, 0) is 16.4 Å². The molecule has 3 rings (SSSR count). The highest BCUT2D eigenvalue weighted by atomic mass is 32.2. The van der Waals surface area contributed by atoms with Crippen LogP contribution in [0.25, 0.3) is 0 Å². The second kappa shape index (κ2) is 5.37. The number of hydrogen-bond donors (Lipinski definition) is 2. The summed E-state index contributed by atoms with van der Waals surface area (Å²) in [5, 5.41) is 3.25. The van der Waals surface area contributed by atoms with E-state index in [-0.39, 0.29) is 4.90 Å². The summed E-state index contributed by atoms with van der Waals surface area (Å²) in [6.07, 6.45) is 1.78. The average Bonchev–Trinajstić information content (AvgIpc) is 2.48. The van der Waals surface area contributed by atoms with E-state index in [1.165, 1.54) is 12.1 Å². The fourth-order valence-electron chi connectivity index (χ4n) is 2.42. The average molecular weight is 306 g/mol. The number of sulfonamides is 1. The zero-order chi connectivity index (χ0) is 14.9. The highest BCUT2D eigenvalue weighted by molar-refractivity contribution is 7.92. The molecule has 0 aromatic heterocycles. The molecule has 110 valence electrons. The van der Waals surface area contributed by atoms with Crippen LogP contribution in [0.2, 0.25) is 0 Å². The molecule has 1 aliphatic rings. The fraction of sp³-hybridized carbons (Fsp3) is 0.200. The molecular formula is C15H15FN2O2S. The molecule has 0 amide bonds. The van der Waals surface area contributed by atoms with Gasteiger partial charge in [-0.25, -0.2) is 12.8 Å². The fourth-order valence-corrected chi connectivity index (χ4v) is 3.52. The maximum atomic E-state index is 12.9. The molecule has 0 fully saturated rings. The first-order chi connectivity index (χ1) is 10.1. The first-order valence-electron chi connectivity index (χ1n) is 6.70. The van der Waals surface area contributed by atoms with E-state index in [1.54, 1.807) is 12.1 Å². The second-order valence-electron chi connectivity index (χ2n) is 4.92. The van der Waals surface area contributed by atoms with E-state index in [2.05, 4.69) is 10.0 Å². The molecule has 0 saturated heterocycles. The van der Waals surface area contributed by atoms with Crippen molar-refractivity contribution in [3.8, 4) is 0 Å². The van der Waals surface area contributed by atoms with Gasteiger partial charge < -0.3 is 5.32 Å². The van der Waals surface area contributed by atoms with Gasteiger partial charge in [0.2, 0.25) is 0 Å². The van der Waals surface area contributed by atoms with Crippen LogP contribution in [0.4, 0.5) is 15.8 Å². The minimum atomic E-state index is -3.71. The van der Waals surface area contributed by atoms with Gasteiger partial charge in [0.25, 0.3) is 10.0 Å². The van der Waals surface area contributed by atoms with Crippen LogP contribution in [-0.4, -0.2) is 15.0 Å². The molecule has 1 aliphatic heterocycles. The Bertz CT molecular complexity index is 758. The molecule has 0 atom stereocenters. The predicted octanol–water partition coefficient (Wildman–Crippen LogP) is 2.98. The minimum Gasteiger partial charge on any atom is -0.385 e. The summed E-state index contributed by atoms with van der Waals surface area (Å²) in [7, 11) is -3.71. The Hall–Kier alpha value is -2.08. The van der Waals surface area contributed by atoms with E-state index in [0.29, 0.717) is 5.69 Å². The molecule has 6 heteroatoms. The number of nitrogens with one attached hydrogen (secondary N) is 2. The lowest BCUT2D eigenvalue weighted by Crippen LogP contribution is -2.18. The van der Waals surface area contributed by atoms with E-state index in [9.17, 15) is 12.8 Å². The Morgan fingerprint density at radius 3 is 2.62 bits per heavy atom. The lowest BCUT2D eigenvalue weighted by atomic mass is 10.0. The Balaban J connectivity index is 1.94. The van der Waals surface area contributed by atoms with Gasteiger partial charge in [0.05, 0.1) is 10.6 Å². The van der Waals surface area contributed by atoms with Crippen molar-refractivity contribution in [3.05, 3.63) is 53.8 Å². The Kier molecular flexibility index (Phi) is 3.55. The summed E-state index contributed by atoms with van der Waals surface area (Å²) < 4.78 is 40.2. The van der Waals surface area contributed by atoms with E-state index in [0.717, 1.165) is 42.8 Å². The van der Waals surface area contributed by atoms with Gasteiger partial charge in [0.1, 0.15) is 5.82 Å². The van der Waals surface area contributed by atoms with Gasteiger partial charge in [-0.2, -0.15) is 0 Å². The van der Waals surface area contributed by atoms with Crippen molar-refractivity contribution >= 4 is 21.4 Å². The topological polar surface area (TPSA) is 58.2 Å². The maximum Gasteiger partial charge on any atom is 0.261 e. The molecule has 2 N–H and O–H groups in total. The third-order valence-electron chi connectivity index (χ3n) is 3.46. The largest absolute Gasteiger partial charge is 0.385 e. The van der Waals surface area contributed by atoms with Crippen molar-refractivity contribution in [1.29, 1.82) is 0 Å². The summed E-state index contributed by atoms with van der Waals surface area (Å²) in [5.41, 5.74) is 2.50. The second-order valence-corrected chi connectivity index (χ2v) is 6.60. The third-order valence-corrected chi connectivity index (χ3v) is 4.84. The summed E-state index contributed by atoms with van der Waals surface area (Å²) in [6.45, 7) is 0.890. The number of fused-ring (bicyclic) bond motifs is 1. The Morgan fingerprint density at radius 2 is 1.86 bits per heavy atom. The molecular weight excluding hydrogens is 291 g/mol. The number of benzene rings is 2. The van der Waals surface area contributed by atoms with Gasteiger partial charge in [-0.15, -0.1) is 0 Å². The molecule has 0 aliphatic carbocycles.